The number of esters is 1. The minimum absolute atomic E-state index is 0.106. The molecule has 0 bridgehead atoms. The van der Waals surface area contributed by atoms with Crippen LogP contribution in [0.1, 0.15) is 17.7 Å². The van der Waals surface area contributed by atoms with Crippen molar-refractivity contribution in [2.75, 3.05) is 6.61 Å². The minimum Gasteiger partial charge on any atom is -0.481 e. The summed E-state index contributed by atoms with van der Waals surface area (Å²) in [6.45, 7) is 1.15. The third-order valence-corrected chi connectivity index (χ3v) is 2.62. The van der Waals surface area contributed by atoms with Crippen molar-refractivity contribution in [2.24, 2.45) is 0 Å². The van der Waals surface area contributed by atoms with Gasteiger partial charge in [-0.05, 0) is 11.4 Å². The van der Waals surface area contributed by atoms with Gasteiger partial charge in [-0.15, -0.1) is 11.3 Å². The zero-order valence-corrected chi connectivity index (χ0v) is 8.41. The van der Waals surface area contributed by atoms with Gasteiger partial charge in [-0.1, -0.05) is 6.07 Å². The van der Waals surface area contributed by atoms with Crippen LogP contribution in [0.15, 0.2) is 17.5 Å². The normalized spacial score (nSPS) is 12.1. The van der Waals surface area contributed by atoms with Crippen LogP contribution in [0, 0.1) is 0 Å². The highest BCUT2D eigenvalue weighted by molar-refractivity contribution is 7.10. The Hall–Kier alpha value is -1.36. The largest absolute Gasteiger partial charge is 0.481 e. The van der Waals surface area contributed by atoms with Crippen molar-refractivity contribution in [3.63, 3.8) is 0 Å². The Labute approximate surface area is 85.1 Å². The molecule has 1 N–H and O–H groups in total. The predicted molar refractivity (Wildman–Crippen MR) is 51.3 cm³/mol. The van der Waals surface area contributed by atoms with Gasteiger partial charge in [-0.25, -0.2) is 0 Å². The van der Waals surface area contributed by atoms with E-state index in [1.807, 2.05) is 0 Å². The van der Waals surface area contributed by atoms with Gasteiger partial charge in [0.05, 0.1) is 0 Å². The molecule has 0 saturated carbocycles. The topological polar surface area (TPSA) is 63.6 Å². The average Bonchev–Trinajstić information content (AvgIpc) is 2.56. The monoisotopic (exact) mass is 214 g/mol. The standard InChI is InChI=1S/C9H10O4S/c1-6(10)13-5-7(9(11)12)8-3-2-4-14-8/h2-4,7H,5H2,1H3,(H,11,12). The van der Waals surface area contributed by atoms with E-state index < -0.39 is 17.9 Å². The van der Waals surface area contributed by atoms with Crippen LogP contribution in [0.25, 0.3) is 0 Å². The number of rotatable bonds is 4. The van der Waals surface area contributed by atoms with Crippen molar-refractivity contribution in [1.82, 2.24) is 0 Å². The van der Waals surface area contributed by atoms with Gasteiger partial charge in [0.1, 0.15) is 12.5 Å². The van der Waals surface area contributed by atoms with Crippen LogP contribution >= 0.6 is 11.3 Å². The molecule has 0 aliphatic heterocycles. The molecule has 14 heavy (non-hydrogen) atoms. The summed E-state index contributed by atoms with van der Waals surface area (Å²) in [5, 5.41) is 10.7. The molecule has 4 nitrogen and oxygen atoms in total. The van der Waals surface area contributed by atoms with E-state index in [0.29, 0.717) is 4.88 Å². The molecule has 0 aromatic carbocycles. The molecule has 1 aromatic rings. The first-order valence-corrected chi connectivity index (χ1v) is 4.89. The molecule has 0 fully saturated rings. The molecule has 1 aromatic heterocycles. The molecule has 0 saturated heterocycles. The molecule has 76 valence electrons. The van der Waals surface area contributed by atoms with E-state index in [1.165, 1.54) is 18.3 Å². The first kappa shape index (κ1) is 10.7. The Balaban J connectivity index is 2.66. The molecule has 5 heteroatoms. The number of hydrogen-bond donors (Lipinski definition) is 1. The van der Waals surface area contributed by atoms with Crippen molar-refractivity contribution >= 4 is 23.3 Å². The first-order chi connectivity index (χ1) is 6.61. The van der Waals surface area contributed by atoms with Crippen LogP contribution < -0.4 is 0 Å². The maximum Gasteiger partial charge on any atom is 0.315 e. The van der Waals surface area contributed by atoms with Crippen molar-refractivity contribution in [3.8, 4) is 0 Å². The number of carbonyl (C=O) groups is 2. The van der Waals surface area contributed by atoms with Gasteiger partial charge in [-0.2, -0.15) is 0 Å². The number of ether oxygens (including phenoxy) is 1. The Morgan fingerprint density at radius 3 is 2.79 bits per heavy atom. The fourth-order valence-electron chi connectivity index (χ4n) is 0.965. The summed E-state index contributed by atoms with van der Waals surface area (Å²) in [7, 11) is 0. The van der Waals surface area contributed by atoms with Gasteiger partial charge in [0.15, 0.2) is 0 Å². The minimum atomic E-state index is -0.978. The highest BCUT2D eigenvalue weighted by atomic mass is 32.1. The van der Waals surface area contributed by atoms with E-state index in [-0.39, 0.29) is 6.61 Å². The number of carbonyl (C=O) groups excluding carboxylic acids is 1. The maximum atomic E-state index is 10.8. The molecule has 1 heterocycles. The summed E-state index contributed by atoms with van der Waals surface area (Å²) in [5.74, 6) is -2.19. The van der Waals surface area contributed by atoms with Crippen LogP contribution in [0.2, 0.25) is 0 Å². The van der Waals surface area contributed by atoms with Gasteiger partial charge in [-0.3, -0.25) is 9.59 Å². The second-order valence-corrected chi connectivity index (χ2v) is 3.69. The molecule has 0 aliphatic rings. The summed E-state index contributed by atoms with van der Waals surface area (Å²) in [6, 6.07) is 3.48. The third kappa shape index (κ3) is 2.85. The van der Waals surface area contributed by atoms with Crippen molar-refractivity contribution in [2.45, 2.75) is 12.8 Å². The zero-order chi connectivity index (χ0) is 10.6. The van der Waals surface area contributed by atoms with E-state index in [2.05, 4.69) is 4.74 Å². The third-order valence-electron chi connectivity index (χ3n) is 1.64. The first-order valence-electron chi connectivity index (χ1n) is 4.01. The lowest BCUT2D eigenvalue weighted by atomic mass is 10.1. The summed E-state index contributed by atoms with van der Waals surface area (Å²) in [4.78, 5) is 22.0. The highest BCUT2D eigenvalue weighted by Gasteiger charge is 2.21. The predicted octanol–water partition coefficient (Wildman–Crippen LogP) is 1.48. The number of aliphatic carboxylic acids is 1. The highest BCUT2D eigenvalue weighted by Crippen LogP contribution is 2.21. The van der Waals surface area contributed by atoms with Gasteiger partial charge < -0.3 is 9.84 Å². The zero-order valence-electron chi connectivity index (χ0n) is 7.60. The fraction of sp³-hybridized carbons (Fsp3) is 0.333. The van der Waals surface area contributed by atoms with Crippen molar-refractivity contribution in [1.29, 1.82) is 0 Å². The lowest BCUT2D eigenvalue weighted by Gasteiger charge is -2.09. The molecule has 0 aliphatic carbocycles. The number of hydrogen-bond acceptors (Lipinski definition) is 4. The molecule has 0 spiro atoms. The average molecular weight is 214 g/mol. The van der Waals surface area contributed by atoms with E-state index in [9.17, 15) is 9.59 Å². The van der Waals surface area contributed by atoms with Crippen LogP contribution in [-0.4, -0.2) is 23.7 Å². The Bertz CT molecular complexity index is 318. The van der Waals surface area contributed by atoms with Gasteiger partial charge in [0, 0.05) is 11.8 Å². The fourth-order valence-corrected chi connectivity index (χ4v) is 1.77. The second kappa shape index (κ2) is 4.76. The Morgan fingerprint density at radius 2 is 2.36 bits per heavy atom. The number of carboxylic acid groups (broad SMARTS) is 1. The Kier molecular flexibility index (Phi) is 3.64. The van der Waals surface area contributed by atoms with Crippen LogP contribution in [0.3, 0.4) is 0 Å². The smallest absolute Gasteiger partial charge is 0.315 e. The van der Waals surface area contributed by atoms with Crippen LogP contribution in [-0.2, 0) is 14.3 Å². The molecule has 0 amide bonds. The SMILES string of the molecule is CC(=O)OCC(C(=O)O)c1cccs1. The summed E-state index contributed by atoms with van der Waals surface area (Å²) in [5.41, 5.74) is 0. The summed E-state index contributed by atoms with van der Waals surface area (Å²) >= 11 is 1.34. The molecule has 1 unspecified atom stereocenters. The van der Waals surface area contributed by atoms with E-state index in [4.69, 9.17) is 5.11 Å². The molecule has 1 rings (SSSR count). The summed E-state index contributed by atoms with van der Waals surface area (Å²) < 4.78 is 4.68. The molecular formula is C9H10O4S. The quantitative estimate of drug-likeness (QED) is 0.771. The lowest BCUT2D eigenvalue weighted by Crippen LogP contribution is -2.18. The van der Waals surface area contributed by atoms with Crippen LogP contribution in [0.4, 0.5) is 0 Å². The van der Waals surface area contributed by atoms with Crippen molar-refractivity contribution in [3.05, 3.63) is 22.4 Å². The lowest BCUT2D eigenvalue weighted by molar-refractivity contribution is -0.146. The number of thiophene rings is 1. The van der Waals surface area contributed by atoms with Gasteiger partial charge >= 0.3 is 11.9 Å². The molecule has 1 atom stereocenters. The van der Waals surface area contributed by atoms with Gasteiger partial charge in [0.2, 0.25) is 0 Å². The summed E-state index contributed by atoms with van der Waals surface area (Å²) in [6.07, 6.45) is 0. The van der Waals surface area contributed by atoms with Gasteiger partial charge in [0.25, 0.3) is 0 Å². The Morgan fingerprint density at radius 1 is 1.64 bits per heavy atom. The van der Waals surface area contributed by atoms with E-state index in [1.54, 1.807) is 17.5 Å². The van der Waals surface area contributed by atoms with Crippen molar-refractivity contribution < 1.29 is 19.4 Å². The maximum absolute atomic E-state index is 10.8. The van der Waals surface area contributed by atoms with E-state index in [0.717, 1.165) is 0 Å². The second-order valence-electron chi connectivity index (χ2n) is 2.71. The molecule has 0 radical (unpaired) electrons. The molecular weight excluding hydrogens is 204 g/mol. The number of carboxylic acids is 1. The van der Waals surface area contributed by atoms with Crippen LogP contribution in [0.5, 0.6) is 0 Å². The van der Waals surface area contributed by atoms with E-state index >= 15 is 0 Å².